The van der Waals surface area contributed by atoms with Gasteiger partial charge in [0.25, 0.3) is 0 Å². The van der Waals surface area contributed by atoms with Crippen LogP contribution in [0.1, 0.15) is 33.1 Å². The van der Waals surface area contributed by atoms with Crippen LogP contribution in [0, 0.1) is 16.7 Å². The zero-order chi connectivity index (χ0) is 8.74. The first-order valence-corrected chi connectivity index (χ1v) is 5.48. The van der Waals surface area contributed by atoms with Crippen LogP contribution < -0.4 is 0 Å². The van der Waals surface area contributed by atoms with Gasteiger partial charge in [0.2, 0.25) is 0 Å². The van der Waals surface area contributed by atoms with E-state index in [0.717, 1.165) is 12.8 Å². The third kappa shape index (κ3) is 4.31. The van der Waals surface area contributed by atoms with Crippen molar-refractivity contribution in [3.05, 3.63) is 0 Å². The fourth-order valence-electron chi connectivity index (χ4n) is 0.918. The molecule has 1 unspecified atom stereocenters. The summed E-state index contributed by atoms with van der Waals surface area (Å²) in [6.45, 7) is 4.13. The van der Waals surface area contributed by atoms with E-state index in [-0.39, 0.29) is 5.41 Å². The first-order chi connectivity index (χ1) is 5.18. The van der Waals surface area contributed by atoms with Crippen LogP contribution in [-0.4, -0.2) is 12.0 Å². The van der Waals surface area contributed by atoms with Crippen molar-refractivity contribution in [1.82, 2.24) is 0 Å². The highest BCUT2D eigenvalue weighted by Crippen LogP contribution is 2.26. The summed E-state index contributed by atoms with van der Waals surface area (Å²) in [6, 6.07) is 2.38. The van der Waals surface area contributed by atoms with E-state index in [0.29, 0.717) is 0 Å². The Balaban J connectivity index is 3.63. The second kappa shape index (κ2) is 5.49. The van der Waals surface area contributed by atoms with E-state index in [2.05, 4.69) is 19.2 Å². The quantitative estimate of drug-likeness (QED) is 0.594. The molecule has 64 valence electrons. The zero-order valence-electron chi connectivity index (χ0n) is 7.68. The molecule has 0 aromatic carbocycles. The Bertz CT molecular complexity index is 139. The molecule has 0 fully saturated rings. The first kappa shape index (κ1) is 10.8. The van der Waals surface area contributed by atoms with Crippen LogP contribution in [0.15, 0.2) is 0 Å². The van der Waals surface area contributed by atoms with Crippen molar-refractivity contribution in [2.75, 3.05) is 12.0 Å². The van der Waals surface area contributed by atoms with Crippen molar-refractivity contribution in [2.24, 2.45) is 5.41 Å². The van der Waals surface area contributed by atoms with Crippen LogP contribution in [0.2, 0.25) is 0 Å². The van der Waals surface area contributed by atoms with Gasteiger partial charge in [-0.25, -0.2) is 0 Å². The van der Waals surface area contributed by atoms with Crippen LogP contribution in [0.25, 0.3) is 0 Å². The number of hydrogen-bond donors (Lipinski definition) is 0. The lowest BCUT2D eigenvalue weighted by Gasteiger charge is -2.18. The molecule has 11 heavy (non-hydrogen) atoms. The van der Waals surface area contributed by atoms with Crippen molar-refractivity contribution in [3.8, 4) is 6.07 Å². The van der Waals surface area contributed by atoms with E-state index in [4.69, 9.17) is 5.26 Å². The molecule has 0 aromatic rings. The topological polar surface area (TPSA) is 23.8 Å². The van der Waals surface area contributed by atoms with E-state index >= 15 is 0 Å². The number of thioether (sulfide) groups is 1. The molecule has 0 amide bonds. The molecule has 0 bridgehead atoms. The van der Waals surface area contributed by atoms with Crippen LogP contribution >= 0.6 is 11.8 Å². The predicted molar refractivity (Wildman–Crippen MR) is 51.6 cm³/mol. The highest BCUT2D eigenvalue weighted by atomic mass is 32.2. The minimum absolute atomic E-state index is 0.0737. The van der Waals surface area contributed by atoms with Crippen LogP contribution in [0.4, 0.5) is 0 Å². The molecule has 0 saturated heterocycles. The lowest BCUT2D eigenvalue weighted by atomic mass is 9.85. The average Bonchev–Trinajstić information content (AvgIpc) is 2.05. The van der Waals surface area contributed by atoms with Gasteiger partial charge in [-0.2, -0.15) is 17.0 Å². The summed E-state index contributed by atoms with van der Waals surface area (Å²) in [7, 11) is 0. The number of rotatable bonds is 5. The first-order valence-electron chi connectivity index (χ1n) is 4.08. The van der Waals surface area contributed by atoms with Gasteiger partial charge >= 0.3 is 0 Å². The highest BCUT2D eigenvalue weighted by Gasteiger charge is 2.19. The van der Waals surface area contributed by atoms with Crippen molar-refractivity contribution in [3.63, 3.8) is 0 Å². The van der Waals surface area contributed by atoms with Gasteiger partial charge < -0.3 is 0 Å². The molecular formula is C9H17NS. The van der Waals surface area contributed by atoms with Gasteiger partial charge in [0.05, 0.1) is 11.5 Å². The second-order valence-corrected chi connectivity index (χ2v) is 4.11. The molecular weight excluding hydrogens is 154 g/mol. The van der Waals surface area contributed by atoms with Gasteiger partial charge in [-0.15, -0.1) is 0 Å². The summed E-state index contributed by atoms with van der Waals surface area (Å²) >= 11 is 1.85. The third-order valence-electron chi connectivity index (χ3n) is 2.13. The molecule has 1 nitrogen and oxygen atoms in total. The third-order valence-corrected chi connectivity index (χ3v) is 2.82. The van der Waals surface area contributed by atoms with Gasteiger partial charge in [0.15, 0.2) is 0 Å². The summed E-state index contributed by atoms with van der Waals surface area (Å²) in [6.07, 6.45) is 5.29. The lowest BCUT2D eigenvalue weighted by molar-refractivity contribution is 0.387. The molecule has 0 aliphatic carbocycles. The fraction of sp³-hybridized carbons (Fsp3) is 0.889. The summed E-state index contributed by atoms with van der Waals surface area (Å²) < 4.78 is 0. The SMILES string of the molecule is CCC(C)(C#N)CCCSC. The Morgan fingerprint density at radius 2 is 2.18 bits per heavy atom. The molecule has 1 atom stereocenters. The van der Waals surface area contributed by atoms with Crippen LogP contribution in [-0.2, 0) is 0 Å². The van der Waals surface area contributed by atoms with E-state index in [9.17, 15) is 0 Å². The molecule has 0 aromatic heterocycles. The van der Waals surface area contributed by atoms with Gasteiger partial charge in [0, 0.05) is 0 Å². The summed E-state index contributed by atoms with van der Waals surface area (Å²) in [5.74, 6) is 1.18. The second-order valence-electron chi connectivity index (χ2n) is 3.12. The maximum absolute atomic E-state index is 8.83. The maximum Gasteiger partial charge on any atom is 0.0686 e. The fourth-order valence-corrected chi connectivity index (χ4v) is 1.35. The monoisotopic (exact) mass is 171 g/mol. The maximum atomic E-state index is 8.83. The van der Waals surface area contributed by atoms with E-state index in [1.165, 1.54) is 12.2 Å². The number of nitrogens with zero attached hydrogens (tertiary/aromatic N) is 1. The standard InChI is InChI=1S/C9H17NS/c1-4-9(2,8-10)6-5-7-11-3/h4-7H2,1-3H3. The van der Waals surface area contributed by atoms with Crippen LogP contribution in [0.3, 0.4) is 0 Å². The van der Waals surface area contributed by atoms with Crippen molar-refractivity contribution < 1.29 is 0 Å². The normalized spacial score (nSPS) is 15.5. The Labute approximate surface area is 74.2 Å². The van der Waals surface area contributed by atoms with Gasteiger partial charge in [-0.05, 0) is 38.2 Å². The molecule has 0 rings (SSSR count). The Morgan fingerprint density at radius 1 is 1.55 bits per heavy atom. The highest BCUT2D eigenvalue weighted by molar-refractivity contribution is 7.98. The van der Waals surface area contributed by atoms with E-state index < -0.39 is 0 Å². The Kier molecular flexibility index (Phi) is 5.41. The summed E-state index contributed by atoms with van der Waals surface area (Å²) in [5.41, 5.74) is -0.0737. The zero-order valence-corrected chi connectivity index (χ0v) is 8.50. The average molecular weight is 171 g/mol. The molecule has 0 spiro atoms. The van der Waals surface area contributed by atoms with Gasteiger partial charge in [0.1, 0.15) is 0 Å². The smallest absolute Gasteiger partial charge is 0.0686 e. The van der Waals surface area contributed by atoms with E-state index in [1.54, 1.807) is 0 Å². The summed E-state index contributed by atoms with van der Waals surface area (Å²) in [4.78, 5) is 0. The van der Waals surface area contributed by atoms with E-state index in [1.807, 2.05) is 18.7 Å². The van der Waals surface area contributed by atoms with Crippen molar-refractivity contribution in [2.45, 2.75) is 33.1 Å². The summed E-state index contributed by atoms with van der Waals surface area (Å²) in [5, 5.41) is 8.83. The molecule has 0 N–H and O–H groups in total. The van der Waals surface area contributed by atoms with Crippen molar-refractivity contribution in [1.29, 1.82) is 5.26 Å². The molecule has 0 heterocycles. The number of hydrogen-bond acceptors (Lipinski definition) is 2. The molecule has 0 aliphatic rings. The largest absolute Gasteiger partial charge is 0.198 e. The lowest BCUT2D eigenvalue weighted by Crippen LogP contribution is -2.12. The van der Waals surface area contributed by atoms with Crippen molar-refractivity contribution >= 4 is 11.8 Å². The number of nitriles is 1. The minimum atomic E-state index is -0.0737. The Hall–Kier alpha value is -0.160. The molecule has 0 aliphatic heterocycles. The molecule has 2 heteroatoms. The Morgan fingerprint density at radius 3 is 2.55 bits per heavy atom. The predicted octanol–water partition coefficient (Wildman–Crippen LogP) is 3.07. The molecule has 0 radical (unpaired) electrons. The van der Waals surface area contributed by atoms with Crippen LogP contribution in [0.5, 0.6) is 0 Å². The van der Waals surface area contributed by atoms with Gasteiger partial charge in [-0.1, -0.05) is 6.92 Å². The van der Waals surface area contributed by atoms with Gasteiger partial charge in [-0.3, -0.25) is 0 Å². The minimum Gasteiger partial charge on any atom is -0.198 e. The molecule has 0 saturated carbocycles.